The largest absolute Gasteiger partial charge is 0.488 e. The second kappa shape index (κ2) is 13.5. The number of carbonyl (C=O) groups excluding carboxylic acids is 2. The molecule has 0 atom stereocenters. The van der Waals surface area contributed by atoms with Gasteiger partial charge in [0.25, 0.3) is 0 Å². The van der Waals surface area contributed by atoms with Crippen LogP contribution in [-0.4, -0.2) is 41.5 Å². The Labute approximate surface area is 230 Å². The molecule has 0 saturated carbocycles. The highest BCUT2D eigenvalue weighted by molar-refractivity contribution is 6.00. The number of esters is 1. The lowest BCUT2D eigenvalue weighted by molar-refractivity contribution is -0.138. The number of hydrogen-bond donors (Lipinski definition) is 0. The second-order valence-corrected chi connectivity index (χ2v) is 9.43. The minimum atomic E-state index is -0.333. The molecule has 0 saturated heterocycles. The number of hydrogen-bond acceptors (Lipinski definition) is 4. The Morgan fingerprint density at radius 2 is 1.59 bits per heavy atom. The summed E-state index contributed by atoms with van der Waals surface area (Å²) in [5, 5.41) is 0.864. The van der Waals surface area contributed by atoms with Gasteiger partial charge in [0.1, 0.15) is 18.9 Å². The maximum atomic E-state index is 13.2. The van der Waals surface area contributed by atoms with Gasteiger partial charge in [0.15, 0.2) is 0 Å². The van der Waals surface area contributed by atoms with E-state index in [1.165, 1.54) is 5.56 Å². The summed E-state index contributed by atoms with van der Waals surface area (Å²) in [7, 11) is 1.84. The maximum absolute atomic E-state index is 13.2. The lowest BCUT2D eigenvalue weighted by Gasteiger charge is -2.18. The lowest BCUT2D eigenvalue weighted by atomic mass is 10.1. The molecule has 3 aromatic carbocycles. The van der Waals surface area contributed by atoms with Crippen molar-refractivity contribution in [2.45, 2.75) is 39.8 Å². The molecule has 0 unspecified atom stereocenters. The Morgan fingerprint density at radius 1 is 0.897 bits per heavy atom. The van der Waals surface area contributed by atoms with Crippen molar-refractivity contribution in [1.82, 2.24) is 9.47 Å². The monoisotopic (exact) mass is 524 g/mol. The van der Waals surface area contributed by atoms with Crippen LogP contribution in [-0.2, 0) is 33.9 Å². The van der Waals surface area contributed by atoms with Crippen molar-refractivity contribution in [1.29, 1.82) is 0 Å². The van der Waals surface area contributed by atoms with Gasteiger partial charge >= 0.3 is 5.97 Å². The van der Waals surface area contributed by atoms with Crippen molar-refractivity contribution in [3.63, 3.8) is 0 Å². The zero-order chi connectivity index (χ0) is 27.6. The van der Waals surface area contributed by atoms with E-state index in [-0.39, 0.29) is 18.4 Å². The van der Waals surface area contributed by atoms with Crippen molar-refractivity contribution in [2.75, 3.05) is 20.2 Å². The van der Waals surface area contributed by atoms with Crippen LogP contribution in [0, 0.1) is 0 Å². The van der Waals surface area contributed by atoms with Gasteiger partial charge < -0.3 is 18.9 Å². The van der Waals surface area contributed by atoms with Gasteiger partial charge in [0.05, 0.1) is 12.1 Å². The number of ether oxygens (including phenoxy) is 2. The van der Waals surface area contributed by atoms with Crippen LogP contribution in [0.15, 0.2) is 90.6 Å². The van der Waals surface area contributed by atoms with Gasteiger partial charge in [-0.25, -0.2) is 4.79 Å². The highest BCUT2D eigenvalue weighted by Crippen LogP contribution is 2.33. The first-order valence-corrected chi connectivity index (χ1v) is 13.4. The molecule has 6 heteroatoms. The average Bonchev–Trinajstić information content (AvgIpc) is 3.31. The molecule has 202 valence electrons. The molecule has 0 radical (unpaired) electrons. The van der Waals surface area contributed by atoms with Crippen LogP contribution >= 0.6 is 0 Å². The molecule has 4 aromatic rings. The summed E-state index contributed by atoms with van der Waals surface area (Å²) in [6.07, 6.45) is 5.10. The Kier molecular flexibility index (Phi) is 9.57. The zero-order valence-corrected chi connectivity index (χ0v) is 22.9. The molecule has 0 N–H and O–H groups in total. The van der Waals surface area contributed by atoms with E-state index in [0.29, 0.717) is 37.5 Å². The summed E-state index contributed by atoms with van der Waals surface area (Å²) in [5.41, 5.74) is 4.51. The molecule has 0 aliphatic carbocycles. The van der Waals surface area contributed by atoms with Gasteiger partial charge in [-0.15, -0.1) is 0 Å². The quantitative estimate of drug-likeness (QED) is 0.162. The van der Waals surface area contributed by atoms with E-state index in [1.54, 1.807) is 11.8 Å². The van der Waals surface area contributed by atoms with Crippen LogP contribution in [0.5, 0.6) is 5.75 Å². The third kappa shape index (κ3) is 7.17. The summed E-state index contributed by atoms with van der Waals surface area (Å²) in [4.78, 5) is 27.6. The van der Waals surface area contributed by atoms with Gasteiger partial charge in [-0.2, -0.15) is 0 Å². The first kappa shape index (κ1) is 27.7. The predicted molar refractivity (Wildman–Crippen MR) is 155 cm³/mol. The SMILES string of the molecule is CCOC(=O)C(=Cc1cn(CC(=O)N(C)CCc2ccccc2)c2cccc(OCc3ccccc3)c12)CC. The average molecular weight is 525 g/mol. The number of rotatable bonds is 12. The Balaban J connectivity index is 1.64. The van der Waals surface area contributed by atoms with Crippen molar-refractivity contribution in [2.24, 2.45) is 0 Å². The number of likely N-dealkylation sites (N-methyl/N-ethyl adjacent to an activating group) is 1. The molecule has 39 heavy (non-hydrogen) atoms. The summed E-state index contributed by atoms with van der Waals surface area (Å²) in [5.74, 6) is 0.376. The van der Waals surface area contributed by atoms with E-state index < -0.39 is 0 Å². The molecule has 1 aromatic heterocycles. The fourth-order valence-corrected chi connectivity index (χ4v) is 4.50. The van der Waals surface area contributed by atoms with Crippen LogP contribution in [0.2, 0.25) is 0 Å². The molecule has 6 nitrogen and oxygen atoms in total. The molecule has 4 rings (SSSR count). The summed E-state index contributed by atoms with van der Waals surface area (Å²) in [6, 6.07) is 26.0. The number of fused-ring (bicyclic) bond motifs is 1. The van der Waals surface area contributed by atoms with Crippen LogP contribution in [0.3, 0.4) is 0 Å². The van der Waals surface area contributed by atoms with E-state index >= 15 is 0 Å². The van der Waals surface area contributed by atoms with Crippen LogP contribution in [0.1, 0.15) is 37.0 Å². The molecular weight excluding hydrogens is 488 g/mol. The summed E-state index contributed by atoms with van der Waals surface area (Å²) in [6.45, 7) is 5.26. The Morgan fingerprint density at radius 3 is 2.26 bits per heavy atom. The van der Waals surface area contributed by atoms with Crippen LogP contribution in [0.25, 0.3) is 17.0 Å². The highest BCUT2D eigenvalue weighted by Gasteiger charge is 2.18. The van der Waals surface area contributed by atoms with E-state index in [9.17, 15) is 9.59 Å². The minimum Gasteiger partial charge on any atom is -0.488 e. The predicted octanol–water partition coefficient (Wildman–Crippen LogP) is 6.28. The molecule has 0 bridgehead atoms. The molecule has 0 spiro atoms. The molecule has 0 fully saturated rings. The van der Waals surface area contributed by atoms with E-state index in [0.717, 1.165) is 28.5 Å². The smallest absolute Gasteiger partial charge is 0.333 e. The number of aromatic nitrogens is 1. The van der Waals surface area contributed by atoms with Gasteiger partial charge in [0, 0.05) is 36.3 Å². The third-order valence-corrected chi connectivity index (χ3v) is 6.69. The van der Waals surface area contributed by atoms with E-state index in [4.69, 9.17) is 9.47 Å². The van der Waals surface area contributed by atoms with E-state index in [2.05, 4.69) is 12.1 Å². The first-order chi connectivity index (χ1) is 19.0. The second-order valence-electron chi connectivity index (χ2n) is 9.43. The highest BCUT2D eigenvalue weighted by atomic mass is 16.5. The third-order valence-electron chi connectivity index (χ3n) is 6.69. The minimum absolute atomic E-state index is 0.00933. The summed E-state index contributed by atoms with van der Waals surface area (Å²) >= 11 is 0. The zero-order valence-electron chi connectivity index (χ0n) is 22.9. The van der Waals surface area contributed by atoms with Gasteiger partial charge in [0.2, 0.25) is 5.91 Å². The summed E-state index contributed by atoms with van der Waals surface area (Å²) < 4.78 is 13.5. The van der Waals surface area contributed by atoms with Crippen LogP contribution in [0.4, 0.5) is 0 Å². The molecule has 1 heterocycles. The Bertz CT molecular complexity index is 1420. The fourth-order valence-electron chi connectivity index (χ4n) is 4.50. The number of nitrogens with zero attached hydrogens (tertiary/aromatic N) is 2. The van der Waals surface area contributed by atoms with Gasteiger partial charge in [-0.3, -0.25) is 4.79 Å². The molecular formula is C33H36N2O4. The van der Waals surface area contributed by atoms with Crippen LogP contribution < -0.4 is 4.74 Å². The fraction of sp³-hybridized carbons (Fsp3) is 0.273. The number of benzene rings is 3. The topological polar surface area (TPSA) is 60.8 Å². The van der Waals surface area contributed by atoms with Crippen molar-refractivity contribution >= 4 is 28.9 Å². The lowest BCUT2D eigenvalue weighted by Crippen LogP contribution is -2.31. The maximum Gasteiger partial charge on any atom is 0.333 e. The molecule has 0 aliphatic rings. The molecule has 1 amide bonds. The van der Waals surface area contributed by atoms with Gasteiger partial charge in [-0.05, 0) is 49.1 Å². The standard InChI is InChI=1S/C33H36N2O4/c1-4-27(33(37)38-5-2)21-28-22-35(23-31(36)34(3)20-19-25-13-8-6-9-14-25)29-17-12-18-30(32(28)29)39-24-26-15-10-7-11-16-26/h6-18,21-22H,4-5,19-20,23-24H2,1-3H3. The normalized spacial score (nSPS) is 11.4. The first-order valence-electron chi connectivity index (χ1n) is 13.4. The van der Waals surface area contributed by atoms with E-state index in [1.807, 2.05) is 97.5 Å². The van der Waals surface area contributed by atoms with Gasteiger partial charge in [-0.1, -0.05) is 73.7 Å². The van der Waals surface area contributed by atoms with Crippen molar-refractivity contribution < 1.29 is 19.1 Å². The Hall–Kier alpha value is -4.32. The van der Waals surface area contributed by atoms with Crippen molar-refractivity contribution in [3.8, 4) is 5.75 Å². The van der Waals surface area contributed by atoms with Crippen molar-refractivity contribution in [3.05, 3.63) is 107 Å². The number of amides is 1. The number of carbonyl (C=O) groups is 2. The molecule has 0 aliphatic heterocycles.